The largest absolute Gasteiger partial charge is 0.366 e. The van der Waals surface area contributed by atoms with Crippen LogP contribution < -0.4 is 16.4 Å². The van der Waals surface area contributed by atoms with Crippen molar-refractivity contribution in [2.75, 3.05) is 13.1 Å². The molecule has 1 aromatic heterocycles. The van der Waals surface area contributed by atoms with E-state index in [4.69, 9.17) is 5.73 Å². The maximum absolute atomic E-state index is 12.2. The van der Waals surface area contributed by atoms with Gasteiger partial charge in [0.2, 0.25) is 5.91 Å². The molecule has 4 N–H and O–H groups in total. The fourth-order valence-electron chi connectivity index (χ4n) is 2.78. The van der Waals surface area contributed by atoms with E-state index < -0.39 is 5.91 Å². The molecule has 126 valence electrons. The number of nitrogens with one attached hydrogen (secondary N) is 2. The van der Waals surface area contributed by atoms with Gasteiger partial charge in [-0.2, -0.15) is 5.10 Å². The van der Waals surface area contributed by atoms with Gasteiger partial charge in [0.15, 0.2) is 0 Å². The summed E-state index contributed by atoms with van der Waals surface area (Å²) >= 11 is 0. The Labute approximate surface area is 140 Å². The van der Waals surface area contributed by atoms with Crippen LogP contribution in [0.25, 0.3) is 0 Å². The number of nitrogens with zero attached hydrogens (tertiary/aromatic N) is 2. The second kappa shape index (κ2) is 7.27. The maximum Gasteiger partial charge on any atom is 0.272 e. The van der Waals surface area contributed by atoms with Gasteiger partial charge in [0.25, 0.3) is 5.91 Å². The Morgan fingerprint density at radius 3 is 2.75 bits per heavy atom. The van der Waals surface area contributed by atoms with Crippen molar-refractivity contribution in [2.24, 2.45) is 5.73 Å². The fourth-order valence-corrected chi connectivity index (χ4v) is 2.78. The average Bonchev–Trinajstić information content (AvgIpc) is 3.11. The lowest BCUT2D eigenvalue weighted by Gasteiger charge is -2.22. The molecule has 0 radical (unpaired) electrons. The molecule has 0 bridgehead atoms. The van der Waals surface area contributed by atoms with Gasteiger partial charge in [-0.3, -0.25) is 14.3 Å². The quantitative estimate of drug-likeness (QED) is 0.757. The Bertz CT molecular complexity index is 717. The van der Waals surface area contributed by atoms with Gasteiger partial charge < -0.3 is 16.4 Å². The van der Waals surface area contributed by atoms with Gasteiger partial charge in [-0.15, -0.1) is 0 Å². The molecule has 2 heterocycles. The summed E-state index contributed by atoms with van der Waals surface area (Å²) < 4.78 is 1.86. The summed E-state index contributed by atoms with van der Waals surface area (Å²) in [6.45, 7) is 2.30. The van der Waals surface area contributed by atoms with Crippen LogP contribution in [0.15, 0.2) is 36.5 Å². The number of aromatic nitrogens is 2. The van der Waals surface area contributed by atoms with Crippen molar-refractivity contribution >= 4 is 11.8 Å². The highest BCUT2D eigenvalue weighted by Crippen LogP contribution is 2.15. The van der Waals surface area contributed by atoms with Gasteiger partial charge in [-0.05, 0) is 43.1 Å². The first kappa shape index (κ1) is 16.2. The number of hydrogen-bond acceptors (Lipinski definition) is 4. The lowest BCUT2D eigenvalue weighted by atomic mass is 10.1. The number of nitrogens with two attached hydrogens (primary N) is 1. The molecule has 0 aliphatic carbocycles. The summed E-state index contributed by atoms with van der Waals surface area (Å²) in [4.78, 5) is 23.2. The molecule has 1 unspecified atom stereocenters. The van der Waals surface area contributed by atoms with Crippen molar-refractivity contribution in [3.05, 3.63) is 53.3 Å². The summed E-state index contributed by atoms with van der Waals surface area (Å²) in [6.07, 6.45) is 4.05. The molecular formula is C17H21N5O2. The van der Waals surface area contributed by atoms with Crippen molar-refractivity contribution in [3.8, 4) is 0 Å². The molecule has 1 fully saturated rings. The second-order valence-electron chi connectivity index (χ2n) is 5.93. The summed E-state index contributed by atoms with van der Waals surface area (Å²) in [6, 6.07) is 8.88. The van der Waals surface area contributed by atoms with Crippen LogP contribution in [0, 0.1) is 0 Å². The van der Waals surface area contributed by atoms with Crippen molar-refractivity contribution in [1.29, 1.82) is 0 Å². The minimum absolute atomic E-state index is 0.212. The molecule has 0 saturated carbocycles. The number of primary amides is 1. The van der Waals surface area contributed by atoms with E-state index in [1.54, 1.807) is 30.3 Å². The molecule has 3 rings (SSSR count). The van der Waals surface area contributed by atoms with E-state index in [-0.39, 0.29) is 5.91 Å². The smallest absolute Gasteiger partial charge is 0.272 e. The van der Waals surface area contributed by atoms with Crippen LogP contribution >= 0.6 is 0 Å². The van der Waals surface area contributed by atoms with E-state index in [9.17, 15) is 9.59 Å². The van der Waals surface area contributed by atoms with Gasteiger partial charge in [0, 0.05) is 24.8 Å². The van der Waals surface area contributed by atoms with E-state index in [0.29, 0.717) is 23.8 Å². The monoisotopic (exact) mass is 327 g/mol. The Morgan fingerprint density at radius 1 is 1.29 bits per heavy atom. The topological polar surface area (TPSA) is 102 Å². The predicted molar refractivity (Wildman–Crippen MR) is 89.5 cm³/mol. The molecule has 1 atom stereocenters. The second-order valence-corrected chi connectivity index (χ2v) is 5.93. The van der Waals surface area contributed by atoms with Crippen LogP contribution in [0.5, 0.6) is 0 Å². The highest BCUT2D eigenvalue weighted by Gasteiger charge is 2.17. The standard InChI is InChI=1S/C17H21N5O2/c18-16(23)13-5-3-12(4-6-13)10-20-17(24)15-7-9-22(21-15)14-2-1-8-19-11-14/h3-7,9,14,19H,1-2,8,10-11H2,(H2,18,23)(H,20,24). The van der Waals surface area contributed by atoms with Crippen LogP contribution in [0.4, 0.5) is 0 Å². The first-order valence-electron chi connectivity index (χ1n) is 8.06. The van der Waals surface area contributed by atoms with E-state index in [1.165, 1.54) is 0 Å². The average molecular weight is 327 g/mol. The third-order valence-corrected chi connectivity index (χ3v) is 4.18. The highest BCUT2D eigenvalue weighted by atomic mass is 16.2. The first-order valence-corrected chi connectivity index (χ1v) is 8.06. The van der Waals surface area contributed by atoms with Crippen LogP contribution in [-0.2, 0) is 6.54 Å². The van der Waals surface area contributed by atoms with Gasteiger partial charge in [0.1, 0.15) is 5.69 Å². The Hall–Kier alpha value is -2.67. The van der Waals surface area contributed by atoms with Crippen molar-refractivity contribution in [3.63, 3.8) is 0 Å². The van der Waals surface area contributed by atoms with Crippen molar-refractivity contribution in [2.45, 2.75) is 25.4 Å². The van der Waals surface area contributed by atoms with Crippen LogP contribution in [0.2, 0.25) is 0 Å². The minimum atomic E-state index is -0.465. The summed E-state index contributed by atoms with van der Waals surface area (Å²) in [7, 11) is 0. The van der Waals surface area contributed by atoms with Crippen molar-refractivity contribution in [1.82, 2.24) is 20.4 Å². The third-order valence-electron chi connectivity index (χ3n) is 4.18. The normalized spacial score (nSPS) is 17.4. The molecule has 1 aromatic carbocycles. The number of carbonyl (C=O) groups excluding carboxylic acids is 2. The summed E-state index contributed by atoms with van der Waals surface area (Å²) in [5, 5.41) is 10.6. The van der Waals surface area contributed by atoms with Gasteiger partial charge in [-0.25, -0.2) is 0 Å². The molecule has 1 aliphatic rings. The predicted octanol–water partition coefficient (Wildman–Crippen LogP) is 0.836. The number of benzene rings is 1. The molecule has 1 aliphatic heterocycles. The van der Waals surface area contributed by atoms with E-state index in [0.717, 1.165) is 31.5 Å². The molecular weight excluding hydrogens is 306 g/mol. The van der Waals surface area contributed by atoms with E-state index in [1.807, 2.05) is 10.9 Å². The van der Waals surface area contributed by atoms with E-state index in [2.05, 4.69) is 15.7 Å². The van der Waals surface area contributed by atoms with Crippen molar-refractivity contribution < 1.29 is 9.59 Å². The third kappa shape index (κ3) is 3.80. The molecule has 0 spiro atoms. The van der Waals surface area contributed by atoms with Crippen LogP contribution in [-0.4, -0.2) is 34.7 Å². The van der Waals surface area contributed by atoms with Crippen LogP contribution in [0.3, 0.4) is 0 Å². The van der Waals surface area contributed by atoms with E-state index >= 15 is 0 Å². The summed E-state index contributed by atoms with van der Waals surface area (Å²) in [5.41, 5.74) is 6.96. The fraction of sp³-hybridized carbons (Fsp3) is 0.353. The SMILES string of the molecule is NC(=O)c1ccc(CNC(=O)c2ccn(C3CCCNC3)n2)cc1. The Morgan fingerprint density at radius 2 is 2.08 bits per heavy atom. The molecule has 7 nitrogen and oxygen atoms in total. The molecule has 2 aromatic rings. The zero-order chi connectivity index (χ0) is 16.9. The zero-order valence-electron chi connectivity index (χ0n) is 13.4. The Kier molecular flexibility index (Phi) is 4.90. The molecule has 7 heteroatoms. The highest BCUT2D eigenvalue weighted by molar-refractivity contribution is 5.93. The van der Waals surface area contributed by atoms with Gasteiger partial charge >= 0.3 is 0 Å². The number of amides is 2. The number of hydrogen-bond donors (Lipinski definition) is 3. The summed E-state index contributed by atoms with van der Waals surface area (Å²) in [5.74, 6) is -0.676. The number of piperidine rings is 1. The van der Waals surface area contributed by atoms with Gasteiger partial charge in [-0.1, -0.05) is 12.1 Å². The Balaban J connectivity index is 1.56. The lowest BCUT2D eigenvalue weighted by Crippen LogP contribution is -2.32. The minimum Gasteiger partial charge on any atom is -0.366 e. The zero-order valence-corrected chi connectivity index (χ0v) is 13.4. The van der Waals surface area contributed by atoms with Gasteiger partial charge in [0.05, 0.1) is 6.04 Å². The molecule has 24 heavy (non-hydrogen) atoms. The van der Waals surface area contributed by atoms with Crippen LogP contribution in [0.1, 0.15) is 45.3 Å². The molecule has 1 saturated heterocycles. The number of rotatable bonds is 5. The lowest BCUT2D eigenvalue weighted by molar-refractivity contribution is 0.0943. The first-order chi connectivity index (χ1) is 11.6. The number of carbonyl (C=O) groups is 2. The molecule has 2 amide bonds. The maximum atomic E-state index is 12.2.